The molecule has 0 rings (SSSR count). The van der Waals surface area contributed by atoms with Crippen molar-refractivity contribution in [3.8, 4) is 0 Å². The molecule has 0 aliphatic rings. The van der Waals surface area contributed by atoms with Crippen molar-refractivity contribution in [2.24, 2.45) is 10.8 Å². The van der Waals surface area contributed by atoms with E-state index in [-0.39, 0.29) is 58.9 Å². The Labute approximate surface area is 373 Å². The number of hydrogen-bond donors (Lipinski definition) is 6. The Morgan fingerprint density at radius 3 is 0.644 bits per heavy atom. The number of rotatable bonds is 44. The summed E-state index contributed by atoms with van der Waals surface area (Å²) < 4.78 is 0. The molecule has 340 valence electrons. The Hall–Kier alpha value is -1.74. The van der Waals surface area contributed by atoms with Gasteiger partial charge in [0.25, 0.3) is 0 Å². The van der Waals surface area contributed by atoms with Crippen molar-refractivity contribution in [2.75, 3.05) is 69.0 Å². The zero-order chi connectivity index (χ0) is 44.4. The highest BCUT2D eigenvalue weighted by Gasteiger charge is 2.37. The Kier molecular flexibility index (Phi) is 34.8. The van der Waals surface area contributed by atoms with Crippen LogP contribution in [0.4, 0.5) is 0 Å². The van der Waals surface area contributed by atoms with Gasteiger partial charge in [0.05, 0.1) is 34.5 Å². The van der Waals surface area contributed by atoms with Gasteiger partial charge in [-0.15, -0.1) is 0 Å². The quantitative estimate of drug-likeness (QED) is 0.0321. The SMILES string of the molecule is O=C(O)CSCCCC(CCCSCC(=O)O)(CCCSCC(=O)O)C(=O)CCCCCC(=O)C(CCCSCC(=O)O)(CCCSCC(=O)O)CCCSCC(=O)O. The first-order valence-corrected chi connectivity index (χ1v) is 26.8. The Balaban J connectivity index is 5.92. The van der Waals surface area contributed by atoms with Gasteiger partial charge in [0.15, 0.2) is 0 Å². The summed E-state index contributed by atoms with van der Waals surface area (Å²) in [5.74, 6) is -2.30. The number of aliphatic carboxylic acids is 6. The van der Waals surface area contributed by atoms with E-state index >= 15 is 0 Å². The van der Waals surface area contributed by atoms with Crippen LogP contribution in [0.1, 0.15) is 109 Å². The van der Waals surface area contributed by atoms with E-state index < -0.39 is 46.6 Å². The predicted octanol–water partition coefficient (Wildman–Crippen LogP) is 7.64. The van der Waals surface area contributed by atoms with E-state index in [9.17, 15) is 38.4 Å². The zero-order valence-corrected chi connectivity index (χ0v) is 38.8. The van der Waals surface area contributed by atoms with Crippen LogP contribution in [0, 0.1) is 10.8 Å². The standard InChI is InChI=1S/C39H64O14S6/c40-30(38(12-4-18-54-24-32(42)43,13-5-19-55-25-33(44)45)14-6-20-56-26-34(46)47)10-2-1-3-11-31(41)39(15-7-21-57-27-35(48)49,16-8-22-58-28-36(50)51)17-9-23-59-29-37(52)53/h1-29H2,(H,42,43)(H,44,45)(H,46,47)(H,48,49)(H,50,51)(H,52,53). The highest BCUT2D eigenvalue weighted by Crippen LogP contribution is 2.41. The summed E-state index contributed by atoms with van der Waals surface area (Å²) in [6, 6.07) is 0. The van der Waals surface area contributed by atoms with Crippen LogP contribution in [0.15, 0.2) is 0 Å². The van der Waals surface area contributed by atoms with Crippen molar-refractivity contribution in [1.82, 2.24) is 0 Å². The Morgan fingerprint density at radius 2 is 0.475 bits per heavy atom. The molecule has 20 heteroatoms. The summed E-state index contributed by atoms with van der Waals surface area (Å²) in [6.07, 6.45) is 9.13. The molecule has 0 spiro atoms. The third-order valence-electron chi connectivity index (χ3n) is 9.51. The second-order valence-corrected chi connectivity index (χ2v) is 20.9. The van der Waals surface area contributed by atoms with Crippen LogP contribution >= 0.6 is 70.6 Å². The number of carboxylic acid groups (broad SMARTS) is 6. The lowest BCUT2D eigenvalue weighted by Crippen LogP contribution is -2.33. The molecule has 0 aliphatic carbocycles. The lowest BCUT2D eigenvalue weighted by molar-refractivity contribution is -0.134. The minimum atomic E-state index is -0.918. The van der Waals surface area contributed by atoms with Crippen LogP contribution in [0.2, 0.25) is 0 Å². The molecule has 14 nitrogen and oxygen atoms in total. The lowest BCUT2D eigenvalue weighted by atomic mass is 9.70. The molecule has 0 amide bonds. The number of carbonyl (C=O) groups is 8. The van der Waals surface area contributed by atoms with Crippen molar-refractivity contribution in [1.29, 1.82) is 0 Å². The van der Waals surface area contributed by atoms with E-state index in [2.05, 4.69) is 0 Å². The molecule has 0 aromatic rings. The summed E-state index contributed by atoms with van der Waals surface area (Å²) in [5.41, 5.74) is -1.45. The molecule has 0 radical (unpaired) electrons. The van der Waals surface area contributed by atoms with E-state index in [1.54, 1.807) is 0 Å². The summed E-state index contributed by atoms with van der Waals surface area (Å²) >= 11 is 7.69. The molecule has 0 saturated carbocycles. The van der Waals surface area contributed by atoms with Gasteiger partial charge in [-0.1, -0.05) is 6.42 Å². The fourth-order valence-corrected chi connectivity index (χ4v) is 10.9. The minimum absolute atomic E-state index is 0.0460. The first-order chi connectivity index (χ1) is 28.0. The second kappa shape index (κ2) is 35.8. The normalized spacial score (nSPS) is 11.7. The van der Waals surface area contributed by atoms with Crippen LogP contribution < -0.4 is 0 Å². The van der Waals surface area contributed by atoms with Gasteiger partial charge < -0.3 is 30.6 Å². The number of Topliss-reactive ketones (excluding diaryl/α,β-unsaturated/α-hetero) is 2. The summed E-state index contributed by atoms with van der Waals surface area (Å²) in [4.78, 5) is 94.8. The number of carbonyl (C=O) groups excluding carboxylic acids is 2. The Morgan fingerprint density at radius 1 is 0.288 bits per heavy atom. The van der Waals surface area contributed by atoms with Crippen LogP contribution in [0.25, 0.3) is 0 Å². The third kappa shape index (κ3) is 31.7. The third-order valence-corrected chi connectivity index (χ3v) is 15.7. The van der Waals surface area contributed by atoms with Crippen LogP contribution in [0.5, 0.6) is 0 Å². The molecule has 59 heavy (non-hydrogen) atoms. The summed E-state index contributed by atoms with van der Waals surface area (Å²) in [7, 11) is 0. The zero-order valence-electron chi connectivity index (χ0n) is 33.9. The molecule has 0 atom stereocenters. The fraction of sp³-hybridized carbons (Fsp3) is 0.795. The van der Waals surface area contributed by atoms with E-state index in [0.717, 1.165) is 0 Å². The average molecular weight is 949 g/mol. The van der Waals surface area contributed by atoms with Crippen LogP contribution in [-0.4, -0.2) is 147 Å². The maximum absolute atomic E-state index is 14.2. The maximum Gasteiger partial charge on any atom is 0.313 e. The molecule has 0 bridgehead atoms. The van der Waals surface area contributed by atoms with E-state index in [0.29, 0.717) is 131 Å². The van der Waals surface area contributed by atoms with Crippen LogP contribution in [-0.2, 0) is 38.4 Å². The Bertz CT molecular complexity index is 1070. The topological polar surface area (TPSA) is 258 Å². The van der Waals surface area contributed by atoms with Crippen molar-refractivity contribution >= 4 is 118 Å². The van der Waals surface area contributed by atoms with Gasteiger partial charge in [0.2, 0.25) is 0 Å². The number of thioether (sulfide) groups is 6. The summed E-state index contributed by atoms with van der Waals surface area (Å²) in [6.45, 7) is 0. The van der Waals surface area contributed by atoms with Gasteiger partial charge in [0.1, 0.15) is 11.6 Å². The molecule has 0 fully saturated rings. The maximum atomic E-state index is 14.2. The monoisotopic (exact) mass is 948 g/mol. The van der Waals surface area contributed by atoms with Gasteiger partial charge in [-0.05, 0) is 124 Å². The average Bonchev–Trinajstić information content (AvgIpc) is 3.15. The van der Waals surface area contributed by atoms with Gasteiger partial charge in [-0.3, -0.25) is 38.4 Å². The van der Waals surface area contributed by atoms with Gasteiger partial charge in [-0.25, -0.2) is 0 Å². The predicted molar refractivity (Wildman–Crippen MR) is 243 cm³/mol. The molecule has 0 aliphatic heterocycles. The van der Waals surface area contributed by atoms with Crippen molar-refractivity contribution in [2.45, 2.75) is 109 Å². The van der Waals surface area contributed by atoms with E-state index in [4.69, 9.17) is 30.6 Å². The molecule has 0 unspecified atom stereocenters. The first kappa shape index (κ1) is 57.3. The smallest absolute Gasteiger partial charge is 0.313 e. The number of hydrogen-bond acceptors (Lipinski definition) is 14. The molecule has 0 aromatic heterocycles. The van der Waals surface area contributed by atoms with Crippen LogP contribution in [0.3, 0.4) is 0 Å². The van der Waals surface area contributed by atoms with Crippen molar-refractivity contribution in [3.63, 3.8) is 0 Å². The molecule has 0 heterocycles. The minimum Gasteiger partial charge on any atom is -0.481 e. The van der Waals surface area contributed by atoms with Crippen molar-refractivity contribution < 1.29 is 69.0 Å². The summed E-state index contributed by atoms with van der Waals surface area (Å²) in [5, 5.41) is 54.4. The van der Waals surface area contributed by atoms with Gasteiger partial charge in [0, 0.05) is 23.7 Å². The van der Waals surface area contributed by atoms with Crippen molar-refractivity contribution in [3.05, 3.63) is 0 Å². The molecule has 0 saturated heterocycles. The molecular weight excluding hydrogens is 885 g/mol. The number of carboxylic acids is 6. The van der Waals surface area contributed by atoms with E-state index in [1.165, 1.54) is 70.6 Å². The lowest BCUT2D eigenvalue weighted by Gasteiger charge is -2.34. The second-order valence-electron chi connectivity index (χ2n) is 14.3. The van der Waals surface area contributed by atoms with Gasteiger partial charge in [-0.2, -0.15) is 70.6 Å². The molecule has 0 aromatic carbocycles. The number of ketones is 2. The first-order valence-electron chi connectivity index (χ1n) is 19.9. The molecule has 6 N–H and O–H groups in total. The number of unbranched alkanes of at least 4 members (excludes halogenated alkanes) is 2. The molecular formula is C39H64O14S6. The van der Waals surface area contributed by atoms with E-state index in [1.807, 2.05) is 0 Å². The largest absolute Gasteiger partial charge is 0.481 e. The fourth-order valence-electron chi connectivity index (χ4n) is 6.90. The highest BCUT2D eigenvalue weighted by atomic mass is 32.2. The highest BCUT2D eigenvalue weighted by molar-refractivity contribution is 8.01. The van der Waals surface area contributed by atoms with Gasteiger partial charge >= 0.3 is 35.8 Å².